The second-order valence-corrected chi connectivity index (χ2v) is 2.55. The zero-order valence-electron chi connectivity index (χ0n) is 6.62. The predicted octanol–water partition coefficient (Wildman–Crippen LogP) is 0.445. The van der Waals surface area contributed by atoms with Gasteiger partial charge in [-0.15, -0.1) is 20.4 Å². The molecule has 0 N–H and O–H groups in total. The van der Waals surface area contributed by atoms with Gasteiger partial charge in [0.2, 0.25) is 0 Å². The molecule has 0 aromatic carbocycles. The van der Waals surface area contributed by atoms with E-state index in [0.29, 0.717) is 5.02 Å². The van der Waals surface area contributed by atoms with Gasteiger partial charge >= 0.3 is 0 Å². The molecule has 0 aliphatic rings. The highest BCUT2D eigenvalue weighted by Gasteiger charge is 1.94. The first-order chi connectivity index (χ1) is 6.80. The Balaban J connectivity index is 0.000000146. The van der Waals surface area contributed by atoms with Gasteiger partial charge in [0.1, 0.15) is 5.02 Å². The average molecular weight is 232 g/mol. The first-order valence-corrected chi connectivity index (χ1v) is 4.00. The predicted molar refractivity (Wildman–Crippen MR) is 47.5 cm³/mol. The van der Waals surface area contributed by atoms with Gasteiger partial charge < -0.3 is 0 Å². The van der Waals surface area contributed by atoms with Crippen LogP contribution in [0.15, 0.2) is 18.6 Å². The molecule has 0 spiro atoms. The van der Waals surface area contributed by atoms with Crippen LogP contribution in [0.1, 0.15) is 0 Å². The van der Waals surface area contributed by atoms with Gasteiger partial charge in [-0.25, -0.2) is 0 Å². The van der Waals surface area contributed by atoms with Crippen LogP contribution >= 0.6 is 23.2 Å². The summed E-state index contributed by atoms with van der Waals surface area (Å²) in [5, 5.41) is 23.5. The van der Waals surface area contributed by atoms with Crippen LogP contribution in [0.3, 0.4) is 0 Å². The van der Waals surface area contributed by atoms with Gasteiger partial charge in [-0.2, -0.15) is 0 Å². The highest BCUT2D eigenvalue weighted by Crippen LogP contribution is 2.13. The number of rotatable bonds is 0. The number of nitrogens with zero attached hydrogens (tertiary/aromatic N) is 7. The van der Waals surface area contributed by atoms with E-state index in [1.807, 2.05) is 0 Å². The van der Waals surface area contributed by atoms with Crippen molar-refractivity contribution in [3.63, 3.8) is 0 Å². The Bertz CT molecular complexity index is 322. The molecule has 0 saturated heterocycles. The highest BCUT2D eigenvalue weighted by molar-refractivity contribution is 6.40. The minimum Gasteiger partial charge on any atom is -0.137 e. The molecule has 9 heteroatoms. The van der Waals surface area contributed by atoms with E-state index in [4.69, 9.17) is 23.2 Å². The van der Waals surface area contributed by atoms with Gasteiger partial charge in [-0.3, -0.25) is 0 Å². The summed E-state index contributed by atoms with van der Waals surface area (Å²) in [5.41, 5.74) is 0. The Morgan fingerprint density at radius 3 is 1.79 bits per heavy atom. The van der Waals surface area contributed by atoms with Crippen LogP contribution in [0.2, 0.25) is 10.2 Å². The third-order valence-corrected chi connectivity index (χ3v) is 1.55. The van der Waals surface area contributed by atoms with Crippen molar-refractivity contribution in [2.24, 2.45) is 0 Å². The van der Waals surface area contributed by atoms with Crippen molar-refractivity contribution in [1.82, 2.24) is 36.0 Å². The number of hydrogen-bond acceptors (Lipinski definition) is 7. The number of hydrogen-bond donors (Lipinski definition) is 0. The van der Waals surface area contributed by atoms with Crippen LogP contribution in [-0.4, -0.2) is 36.0 Å². The normalized spacial score (nSPS) is 8.71. The monoisotopic (exact) mass is 231 g/mol. The smallest absolute Gasteiger partial charge is 0.137 e. The molecule has 0 aliphatic heterocycles. The van der Waals surface area contributed by atoms with E-state index in [0.717, 1.165) is 0 Å². The zero-order chi connectivity index (χ0) is 10.2. The minimum absolute atomic E-state index is 0.182. The van der Waals surface area contributed by atoms with Crippen molar-refractivity contribution in [3.05, 3.63) is 28.8 Å². The fraction of sp³-hybridized carbons (Fsp3) is 0. The maximum Gasteiger partial charge on any atom is 0.173 e. The lowest BCUT2D eigenvalue weighted by atomic mass is 10.7. The van der Waals surface area contributed by atoms with E-state index < -0.39 is 0 Å². The number of halogens is 2. The average Bonchev–Trinajstić information content (AvgIpc) is 2.26. The molecule has 2 rings (SSSR count). The number of aromatic nitrogens is 7. The second kappa shape index (κ2) is 6.06. The molecule has 0 amide bonds. The van der Waals surface area contributed by atoms with Crippen LogP contribution in [0.5, 0.6) is 0 Å². The lowest BCUT2D eigenvalue weighted by Gasteiger charge is -1.84. The van der Waals surface area contributed by atoms with E-state index in [1.165, 1.54) is 18.6 Å². The summed E-state index contributed by atoms with van der Waals surface area (Å²) in [7, 11) is 0. The lowest BCUT2D eigenvalue weighted by molar-refractivity contribution is 0.761. The molecule has 0 radical (unpaired) electrons. The Labute approximate surface area is 88.5 Å². The van der Waals surface area contributed by atoms with Crippen LogP contribution < -0.4 is 0 Å². The fourth-order valence-corrected chi connectivity index (χ4v) is 0.572. The third-order valence-electron chi connectivity index (χ3n) is 0.896. The van der Waals surface area contributed by atoms with Crippen LogP contribution in [0, 0.1) is 0 Å². The summed E-state index contributed by atoms with van der Waals surface area (Å²) < 4.78 is 0. The summed E-state index contributed by atoms with van der Waals surface area (Å²) in [4.78, 5) is 0. The van der Waals surface area contributed by atoms with Gasteiger partial charge in [0.15, 0.2) is 5.15 Å². The quantitative estimate of drug-likeness (QED) is 0.650. The Morgan fingerprint density at radius 1 is 0.857 bits per heavy atom. The highest BCUT2D eigenvalue weighted by atomic mass is 35.5. The third kappa shape index (κ3) is 3.97. The van der Waals surface area contributed by atoms with Gasteiger partial charge in [0, 0.05) is 0 Å². The Morgan fingerprint density at radius 2 is 1.50 bits per heavy atom. The standard InChI is InChI=1S/C3HCl2N3.C2H2N4/c4-2-1-6-8-7-3(2)5;1-2-4-6-5-3-1/h1H;1-2H. The van der Waals surface area contributed by atoms with Crippen molar-refractivity contribution in [2.45, 2.75) is 0 Å². The first-order valence-electron chi connectivity index (χ1n) is 3.25. The molecule has 0 atom stereocenters. The van der Waals surface area contributed by atoms with Crippen molar-refractivity contribution < 1.29 is 0 Å². The van der Waals surface area contributed by atoms with Gasteiger partial charge in [0.25, 0.3) is 0 Å². The molecule has 0 fully saturated rings. The summed E-state index contributed by atoms with van der Waals surface area (Å²) in [5.74, 6) is 0. The largest absolute Gasteiger partial charge is 0.173 e. The minimum atomic E-state index is 0.182. The van der Waals surface area contributed by atoms with E-state index in [2.05, 4.69) is 36.0 Å². The first kappa shape index (κ1) is 10.6. The maximum atomic E-state index is 5.41. The van der Waals surface area contributed by atoms with Crippen molar-refractivity contribution in [3.8, 4) is 0 Å². The van der Waals surface area contributed by atoms with E-state index >= 15 is 0 Å². The Hall–Kier alpha value is -1.47. The summed E-state index contributed by atoms with van der Waals surface area (Å²) in [6, 6.07) is 0. The van der Waals surface area contributed by atoms with E-state index in [9.17, 15) is 0 Å². The van der Waals surface area contributed by atoms with Crippen molar-refractivity contribution >= 4 is 23.2 Å². The zero-order valence-corrected chi connectivity index (χ0v) is 8.13. The van der Waals surface area contributed by atoms with Crippen molar-refractivity contribution in [1.29, 1.82) is 0 Å². The fourth-order valence-electron chi connectivity index (χ4n) is 0.408. The van der Waals surface area contributed by atoms with Crippen LogP contribution in [0.25, 0.3) is 0 Å². The molecule has 2 aromatic heterocycles. The Kier molecular flexibility index (Phi) is 4.59. The summed E-state index contributed by atoms with van der Waals surface area (Å²) >= 11 is 10.8. The molecule has 7 nitrogen and oxygen atoms in total. The molecule has 2 aromatic rings. The van der Waals surface area contributed by atoms with E-state index in [1.54, 1.807) is 0 Å². The topological polar surface area (TPSA) is 90.2 Å². The molecule has 14 heavy (non-hydrogen) atoms. The SMILES string of the molecule is Clc1cnnnc1Cl.c1cnnnn1. The molecular formula is C5H3Cl2N7. The van der Waals surface area contributed by atoms with Gasteiger partial charge in [-0.05, 0) is 15.6 Å². The second-order valence-electron chi connectivity index (χ2n) is 1.78. The van der Waals surface area contributed by atoms with Crippen LogP contribution in [-0.2, 0) is 0 Å². The molecule has 2 heterocycles. The molecule has 0 bridgehead atoms. The molecule has 72 valence electrons. The van der Waals surface area contributed by atoms with Gasteiger partial charge in [0.05, 0.1) is 18.6 Å². The molecule has 0 unspecified atom stereocenters. The molecule has 0 saturated carbocycles. The molecular weight excluding hydrogens is 229 g/mol. The summed E-state index contributed by atoms with van der Waals surface area (Å²) in [6.45, 7) is 0. The lowest BCUT2D eigenvalue weighted by Crippen LogP contribution is -1.84. The van der Waals surface area contributed by atoms with E-state index in [-0.39, 0.29) is 5.15 Å². The summed E-state index contributed by atoms with van der Waals surface area (Å²) in [6.07, 6.45) is 4.26. The molecule has 0 aliphatic carbocycles. The maximum absolute atomic E-state index is 5.41. The van der Waals surface area contributed by atoms with Crippen LogP contribution in [0.4, 0.5) is 0 Å². The van der Waals surface area contributed by atoms with Crippen molar-refractivity contribution in [2.75, 3.05) is 0 Å². The van der Waals surface area contributed by atoms with Gasteiger partial charge in [-0.1, -0.05) is 23.2 Å².